The van der Waals surface area contributed by atoms with E-state index in [1.54, 1.807) is 0 Å². The Hall–Kier alpha value is -2.86. The van der Waals surface area contributed by atoms with Crippen molar-refractivity contribution in [2.24, 2.45) is 0 Å². The molecule has 5 rings (SSSR count). The van der Waals surface area contributed by atoms with Crippen molar-refractivity contribution in [3.8, 4) is 11.1 Å². The zero-order valence-corrected chi connectivity index (χ0v) is 16.0. The molecule has 0 saturated carbocycles. The molecule has 1 atom stereocenters. The molecule has 3 aromatic rings. The molecule has 0 amide bonds. The highest BCUT2D eigenvalue weighted by Crippen LogP contribution is 2.58. The third kappa shape index (κ3) is 2.16. The lowest BCUT2D eigenvalue weighted by Gasteiger charge is -2.36. The average Bonchev–Trinajstić information content (AvgIpc) is 3.05. The largest absolute Gasteiger partial charge is 0.0839 e. The quantitative estimate of drug-likeness (QED) is 0.473. The first-order valence-corrected chi connectivity index (χ1v) is 9.88. The fourth-order valence-electron chi connectivity index (χ4n) is 5.15. The Kier molecular flexibility index (Phi) is 3.68. The number of hydrogen-bond acceptors (Lipinski definition) is 0. The topological polar surface area (TPSA) is 0 Å². The van der Waals surface area contributed by atoms with Gasteiger partial charge in [0.25, 0.3) is 0 Å². The Morgan fingerprint density at radius 3 is 2.26 bits per heavy atom. The maximum Gasteiger partial charge on any atom is 0.0713 e. The summed E-state index contributed by atoms with van der Waals surface area (Å²) in [6.45, 7) is 4.52. The van der Waals surface area contributed by atoms with E-state index >= 15 is 0 Å². The van der Waals surface area contributed by atoms with Gasteiger partial charge in [-0.05, 0) is 71.2 Å². The first kappa shape index (κ1) is 16.3. The van der Waals surface area contributed by atoms with E-state index < -0.39 is 0 Å². The minimum atomic E-state index is -0.222. The van der Waals surface area contributed by atoms with Crippen molar-refractivity contribution in [1.82, 2.24) is 0 Å². The van der Waals surface area contributed by atoms with Crippen LogP contribution in [0, 0.1) is 13.8 Å². The van der Waals surface area contributed by atoms with E-state index in [4.69, 9.17) is 0 Å². The van der Waals surface area contributed by atoms with Crippen molar-refractivity contribution in [2.45, 2.75) is 32.1 Å². The SMILES string of the molecule is Cc1ccc(C)c2c1-c1ccccc1C2(C1=CCCC=C1)c1ccccc1. The van der Waals surface area contributed by atoms with Crippen LogP contribution in [0.25, 0.3) is 11.1 Å². The summed E-state index contributed by atoms with van der Waals surface area (Å²) in [4.78, 5) is 0. The molecule has 0 nitrogen and oxygen atoms in total. The van der Waals surface area contributed by atoms with Crippen LogP contribution >= 0.6 is 0 Å². The predicted octanol–water partition coefficient (Wildman–Crippen LogP) is 6.89. The van der Waals surface area contributed by atoms with Gasteiger partial charge in [0.05, 0.1) is 5.41 Å². The summed E-state index contributed by atoms with van der Waals surface area (Å²) in [5, 5.41) is 0. The van der Waals surface area contributed by atoms with E-state index in [1.807, 2.05) is 0 Å². The molecule has 3 aromatic carbocycles. The zero-order valence-electron chi connectivity index (χ0n) is 16.0. The Balaban J connectivity index is 2.00. The summed E-state index contributed by atoms with van der Waals surface area (Å²) in [6, 6.07) is 24.7. The van der Waals surface area contributed by atoms with Crippen LogP contribution in [0.5, 0.6) is 0 Å². The van der Waals surface area contributed by atoms with Crippen LogP contribution in [0.1, 0.15) is 40.7 Å². The second kappa shape index (κ2) is 6.09. The van der Waals surface area contributed by atoms with E-state index in [2.05, 4.69) is 98.8 Å². The van der Waals surface area contributed by atoms with Gasteiger partial charge in [-0.15, -0.1) is 0 Å². The summed E-state index contributed by atoms with van der Waals surface area (Å²) < 4.78 is 0. The van der Waals surface area contributed by atoms with E-state index in [-0.39, 0.29) is 5.41 Å². The van der Waals surface area contributed by atoms with Gasteiger partial charge in [-0.1, -0.05) is 85.0 Å². The number of rotatable bonds is 2. The maximum absolute atomic E-state index is 2.46. The molecule has 132 valence electrons. The van der Waals surface area contributed by atoms with Crippen LogP contribution < -0.4 is 0 Å². The minimum Gasteiger partial charge on any atom is -0.0839 e. The van der Waals surface area contributed by atoms with E-state index in [0.717, 1.165) is 12.8 Å². The van der Waals surface area contributed by atoms with Gasteiger partial charge in [-0.25, -0.2) is 0 Å². The maximum atomic E-state index is 2.46. The van der Waals surface area contributed by atoms with Crippen molar-refractivity contribution in [3.63, 3.8) is 0 Å². The van der Waals surface area contributed by atoms with E-state index in [0.29, 0.717) is 0 Å². The molecule has 0 spiro atoms. The average molecular weight is 348 g/mol. The van der Waals surface area contributed by atoms with Crippen molar-refractivity contribution in [3.05, 3.63) is 118 Å². The lowest BCUT2D eigenvalue weighted by Crippen LogP contribution is -2.30. The summed E-state index contributed by atoms with van der Waals surface area (Å²) in [6.07, 6.45) is 9.41. The highest BCUT2D eigenvalue weighted by atomic mass is 14.5. The lowest BCUT2D eigenvalue weighted by molar-refractivity contribution is 0.745. The zero-order chi connectivity index (χ0) is 18.4. The van der Waals surface area contributed by atoms with E-state index in [1.165, 1.54) is 44.5 Å². The molecule has 27 heavy (non-hydrogen) atoms. The second-order valence-electron chi connectivity index (χ2n) is 7.75. The summed E-state index contributed by atoms with van der Waals surface area (Å²) >= 11 is 0. The number of allylic oxidation sites excluding steroid dienone is 4. The Bertz CT molecular complexity index is 1080. The Morgan fingerprint density at radius 1 is 0.741 bits per heavy atom. The van der Waals surface area contributed by atoms with Gasteiger partial charge in [-0.2, -0.15) is 0 Å². The van der Waals surface area contributed by atoms with Gasteiger partial charge in [0.2, 0.25) is 0 Å². The molecular formula is C27H24. The van der Waals surface area contributed by atoms with Crippen LogP contribution in [0.4, 0.5) is 0 Å². The predicted molar refractivity (Wildman–Crippen MR) is 114 cm³/mol. The van der Waals surface area contributed by atoms with Crippen molar-refractivity contribution >= 4 is 0 Å². The number of aryl methyl sites for hydroxylation is 2. The van der Waals surface area contributed by atoms with Gasteiger partial charge >= 0.3 is 0 Å². The fraction of sp³-hybridized carbons (Fsp3) is 0.185. The van der Waals surface area contributed by atoms with E-state index in [9.17, 15) is 0 Å². The minimum absolute atomic E-state index is 0.222. The van der Waals surface area contributed by atoms with Gasteiger partial charge in [0.15, 0.2) is 0 Å². The first-order chi connectivity index (χ1) is 13.2. The van der Waals surface area contributed by atoms with Crippen LogP contribution in [-0.4, -0.2) is 0 Å². The molecule has 0 fully saturated rings. The van der Waals surface area contributed by atoms with Crippen LogP contribution in [-0.2, 0) is 5.41 Å². The Morgan fingerprint density at radius 2 is 1.48 bits per heavy atom. The van der Waals surface area contributed by atoms with Crippen molar-refractivity contribution in [2.75, 3.05) is 0 Å². The molecule has 0 N–H and O–H groups in total. The Labute approximate surface area is 161 Å². The molecule has 0 saturated heterocycles. The van der Waals surface area contributed by atoms with Crippen molar-refractivity contribution in [1.29, 1.82) is 0 Å². The third-order valence-corrected chi connectivity index (χ3v) is 6.23. The molecule has 0 bridgehead atoms. The number of benzene rings is 3. The summed E-state index contributed by atoms with van der Waals surface area (Å²) in [7, 11) is 0. The fourth-order valence-corrected chi connectivity index (χ4v) is 5.15. The van der Waals surface area contributed by atoms with Crippen molar-refractivity contribution < 1.29 is 0 Å². The third-order valence-electron chi connectivity index (χ3n) is 6.23. The highest BCUT2D eigenvalue weighted by molar-refractivity contribution is 5.89. The summed E-state index contributed by atoms with van der Waals surface area (Å²) in [5.41, 5.74) is 11.0. The molecule has 2 aliphatic carbocycles. The molecule has 0 aliphatic heterocycles. The molecule has 1 unspecified atom stereocenters. The first-order valence-electron chi connectivity index (χ1n) is 9.88. The molecule has 0 radical (unpaired) electrons. The second-order valence-corrected chi connectivity index (χ2v) is 7.75. The van der Waals surface area contributed by atoms with Crippen LogP contribution in [0.3, 0.4) is 0 Å². The van der Waals surface area contributed by atoms with Crippen LogP contribution in [0.15, 0.2) is 90.5 Å². The molecule has 0 aromatic heterocycles. The van der Waals surface area contributed by atoms with Gasteiger partial charge < -0.3 is 0 Å². The standard InChI is InChI=1S/C27H24/c1-19-17-18-20(2)26-25(19)23-15-9-10-16-24(23)27(26,21-11-5-3-6-12-21)22-13-7-4-8-14-22/h3,5-7,9-18H,4,8H2,1-2H3. The highest BCUT2D eigenvalue weighted by Gasteiger charge is 2.47. The molecular weight excluding hydrogens is 324 g/mol. The van der Waals surface area contributed by atoms with Gasteiger partial charge in [0, 0.05) is 0 Å². The molecule has 0 heteroatoms. The normalized spacial score (nSPS) is 20.1. The monoisotopic (exact) mass is 348 g/mol. The smallest absolute Gasteiger partial charge is 0.0713 e. The molecule has 0 heterocycles. The number of hydrogen-bond donors (Lipinski definition) is 0. The van der Waals surface area contributed by atoms with Gasteiger partial charge in [-0.3, -0.25) is 0 Å². The number of fused-ring (bicyclic) bond motifs is 3. The summed E-state index contributed by atoms with van der Waals surface area (Å²) in [5.74, 6) is 0. The van der Waals surface area contributed by atoms with Gasteiger partial charge in [0.1, 0.15) is 0 Å². The van der Waals surface area contributed by atoms with Crippen LogP contribution in [0.2, 0.25) is 0 Å². The lowest BCUT2D eigenvalue weighted by atomic mass is 9.65. The molecule has 2 aliphatic rings.